The Hall–Kier alpha value is -2.21. The fourth-order valence-electron chi connectivity index (χ4n) is 1.74. The number of hydrogen-bond acceptors (Lipinski definition) is 6. The van der Waals surface area contributed by atoms with Gasteiger partial charge in [-0.2, -0.15) is 0 Å². The van der Waals surface area contributed by atoms with E-state index >= 15 is 0 Å². The van der Waals surface area contributed by atoms with Gasteiger partial charge >= 0.3 is 0 Å². The van der Waals surface area contributed by atoms with Crippen molar-refractivity contribution in [2.75, 3.05) is 24.3 Å². The van der Waals surface area contributed by atoms with E-state index in [0.717, 1.165) is 5.69 Å². The molecule has 1 aromatic heterocycles. The van der Waals surface area contributed by atoms with Crippen LogP contribution in [-0.2, 0) is 0 Å². The molecule has 2 rings (SSSR count). The van der Waals surface area contributed by atoms with Crippen LogP contribution in [0.4, 0.5) is 17.3 Å². The number of rotatable bonds is 6. The number of benzene rings is 1. The summed E-state index contributed by atoms with van der Waals surface area (Å²) in [5.41, 5.74) is 6.41. The molecule has 1 aromatic carbocycles. The standard InChI is InChI=1S/C14H17ClN4O2/c1-3-20-10-6-5-9(7-11(10)21-4-2)19-14-12(15)13(16)17-8-18-14/h5-8H,3-4H2,1-2H3,(H3,16,17,18,19). The molecule has 7 heteroatoms. The SMILES string of the molecule is CCOc1ccc(Nc2ncnc(N)c2Cl)cc1OCC. The summed E-state index contributed by atoms with van der Waals surface area (Å²) in [6.07, 6.45) is 1.35. The third-order valence-electron chi connectivity index (χ3n) is 2.62. The van der Waals surface area contributed by atoms with Crippen LogP contribution in [0.5, 0.6) is 11.5 Å². The lowest BCUT2D eigenvalue weighted by atomic mass is 10.2. The minimum atomic E-state index is 0.227. The molecule has 0 radical (unpaired) electrons. The van der Waals surface area contributed by atoms with Gasteiger partial charge in [0.1, 0.15) is 17.2 Å². The van der Waals surface area contributed by atoms with Crippen LogP contribution < -0.4 is 20.5 Å². The van der Waals surface area contributed by atoms with Gasteiger partial charge in [-0.3, -0.25) is 0 Å². The van der Waals surface area contributed by atoms with Crippen LogP contribution in [0.15, 0.2) is 24.5 Å². The molecule has 0 saturated heterocycles. The maximum Gasteiger partial charge on any atom is 0.163 e. The predicted octanol–water partition coefficient (Wildman–Crippen LogP) is 3.25. The minimum absolute atomic E-state index is 0.227. The number of halogens is 1. The van der Waals surface area contributed by atoms with Crippen LogP contribution in [0.1, 0.15) is 13.8 Å². The van der Waals surface area contributed by atoms with Crippen molar-refractivity contribution in [3.8, 4) is 11.5 Å². The van der Waals surface area contributed by atoms with Gasteiger partial charge in [-0.25, -0.2) is 9.97 Å². The van der Waals surface area contributed by atoms with E-state index < -0.39 is 0 Å². The number of nitrogens with two attached hydrogens (primary N) is 1. The topological polar surface area (TPSA) is 82.3 Å². The molecule has 0 saturated carbocycles. The maximum absolute atomic E-state index is 6.06. The highest BCUT2D eigenvalue weighted by molar-refractivity contribution is 6.35. The summed E-state index contributed by atoms with van der Waals surface area (Å²) in [7, 11) is 0. The zero-order valence-corrected chi connectivity index (χ0v) is 12.6. The highest BCUT2D eigenvalue weighted by Gasteiger charge is 2.10. The first-order valence-electron chi connectivity index (χ1n) is 6.58. The van der Waals surface area contributed by atoms with Gasteiger partial charge < -0.3 is 20.5 Å². The molecule has 0 unspecified atom stereocenters. The van der Waals surface area contributed by atoms with E-state index in [9.17, 15) is 0 Å². The molecule has 21 heavy (non-hydrogen) atoms. The van der Waals surface area contributed by atoms with Gasteiger partial charge in [0.05, 0.1) is 13.2 Å². The van der Waals surface area contributed by atoms with E-state index in [4.69, 9.17) is 26.8 Å². The highest BCUT2D eigenvalue weighted by Crippen LogP contribution is 2.33. The first-order valence-corrected chi connectivity index (χ1v) is 6.96. The summed E-state index contributed by atoms with van der Waals surface area (Å²) >= 11 is 6.06. The molecule has 0 aliphatic rings. The summed E-state index contributed by atoms with van der Waals surface area (Å²) in [4.78, 5) is 7.88. The van der Waals surface area contributed by atoms with E-state index in [-0.39, 0.29) is 10.8 Å². The van der Waals surface area contributed by atoms with E-state index in [0.29, 0.717) is 30.5 Å². The first-order chi connectivity index (χ1) is 10.2. The molecule has 3 N–H and O–H groups in total. The number of hydrogen-bond donors (Lipinski definition) is 2. The zero-order valence-electron chi connectivity index (χ0n) is 11.9. The van der Waals surface area contributed by atoms with Gasteiger partial charge in [-0.1, -0.05) is 11.6 Å². The van der Waals surface area contributed by atoms with Crippen molar-refractivity contribution in [1.82, 2.24) is 9.97 Å². The number of aromatic nitrogens is 2. The van der Waals surface area contributed by atoms with Crippen LogP contribution in [0.2, 0.25) is 5.02 Å². The lowest BCUT2D eigenvalue weighted by Crippen LogP contribution is -2.02. The lowest BCUT2D eigenvalue weighted by Gasteiger charge is -2.13. The summed E-state index contributed by atoms with van der Waals surface area (Å²) < 4.78 is 11.1. The number of nitrogens with one attached hydrogen (secondary N) is 1. The van der Waals surface area contributed by atoms with Gasteiger partial charge in [0.25, 0.3) is 0 Å². The van der Waals surface area contributed by atoms with Gasteiger partial charge in [-0.05, 0) is 26.0 Å². The van der Waals surface area contributed by atoms with Crippen LogP contribution in [0, 0.1) is 0 Å². The van der Waals surface area contributed by atoms with Crippen LogP contribution in [-0.4, -0.2) is 23.2 Å². The molecule has 0 atom stereocenters. The number of nitrogen functional groups attached to an aromatic ring is 1. The van der Waals surface area contributed by atoms with E-state index in [1.165, 1.54) is 6.33 Å². The van der Waals surface area contributed by atoms with Crippen molar-refractivity contribution in [3.63, 3.8) is 0 Å². The Morgan fingerprint density at radius 1 is 1.14 bits per heavy atom. The highest BCUT2D eigenvalue weighted by atomic mass is 35.5. The van der Waals surface area contributed by atoms with Crippen molar-refractivity contribution in [2.24, 2.45) is 0 Å². The molecule has 0 fully saturated rings. The Balaban J connectivity index is 2.28. The summed E-state index contributed by atoms with van der Waals surface area (Å²) in [5, 5.41) is 3.36. The Kier molecular flexibility index (Phi) is 5.05. The third-order valence-corrected chi connectivity index (χ3v) is 3.00. The van der Waals surface area contributed by atoms with Crippen molar-refractivity contribution in [3.05, 3.63) is 29.5 Å². The molecule has 0 aliphatic heterocycles. The molecule has 0 amide bonds. The Morgan fingerprint density at radius 2 is 1.86 bits per heavy atom. The normalized spacial score (nSPS) is 10.2. The fourth-order valence-corrected chi connectivity index (χ4v) is 1.88. The monoisotopic (exact) mass is 308 g/mol. The largest absolute Gasteiger partial charge is 0.490 e. The Bertz CT molecular complexity index is 622. The van der Waals surface area contributed by atoms with Crippen LogP contribution in [0.25, 0.3) is 0 Å². The Morgan fingerprint density at radius 3 is 2.57 bits per heavy atom. The second kappa shape index (κ2) is 6.99. The molecule has 0 bridgehead atoms. The van der Waals surface area contributed by atoms with E-state index in [2.05, 4.69) is 15.3 Å². The fraction of sp³-hybridized carbons (Fsp3) is 0.286. The summed E-state index contributed by atoms with van der Waals surface area (Å²) in [6.45, 7) is 4.95. The average Bonchev–Trinajstić information content (AvgIpc) is 2.47. The minimum Gasteiger partial charge on any atom is -0.490 e. The molecule has 0 spiro atoms. The van der Waals surface area contributed by atoms with E-state index in [1.807, 2.05) is 32.0 Å². The second-order valence-corrected chi connectivity index (χ2v) is 4.45. The number of nitrogens with zero attached hydrogens (tertiary/aromatic N) is 2. The molecule has 2 aromatic rings. The van der Waals surface area contributed by atoms with Gasteiger partial charge in [0.15, 0.2) is 17.3 Å². The predicted molar refractivity (Wildman–Crippen MR) is 83.5 cm³/mol. The molecule has 0 aliphatic carbocycles. The van der Waals surface area contributed by atoms with Crippen molar-refractivity contribution >= 4 is 28.9 Å². The smallest absolute Gasteiger partial charge is 0.163 e. The van der Waals surface area contributed by atoms with Gasteiger partial charge in [0, 0.05) is 11.8 Å². The van der Waals surface area contributed by atoms with Crippen LogP contribution in [0.3, 0.4) is 0 Å². The summed E-state index contributed by atoms with van der Waals surface area (Å²) in [6, 6.07) is 5.50. The molecular weight excluding hydrogens is 292 g/mol. The second-order valence-electron chi connectivity index (χ2n) is 4.07. The molecule has 1 heterocycles. The van der Waals surface area contributed by atoms with Crippen molar-refractivity contribution < 1.29 is 9.47 Å². The quantitative estimate of drug-likeness (QED) is 0.852. The number of anilines is 3. The lowest BCUT2D eigenvalue weighted by molar-refractivity contribution is 0.288. The first kappa shape index (κ1) is 15.2. The van der Waals surface area contributed by atoms with E-state index in [1.54, 1.807) is 0 Å². The number of ether oxygens (including phenoxy) is 2. The maximum atomic E-state index is 6.06. The van der Waals surface area contributed by atoms with Gasteiger partial charge in [-0.15, -0.1) is 0 Å². The molecule has 6 nitrogen and oxygen atoms in total. The Labute approximate surface area is 128 Å². The zero-order chi connectivity index (χ0) is 15.2. The summed E-state index contributed by atoms with van der Waals surface area (Å²) in [5.74, 6) is 2.02. The van der Waals surface area contributed by atoms with Crippen molar-refractivity contribution in [1.29, 1.82) is 0 Å². The average molecular weight is 309 g/mol. The molecular formula is C14H17ClN4O2. The van der Waals surface area contributed by atoms with Crippen LogP contribution >= 0.6 is 11.6 Å². The molecule has 112 valence electrons. The third kappa shape index (κ3) is 3.66. The van der Waals surface area contributed by atoms with Crippen molar-refractivity contribution in [2.45, 2.75) is 13.8 Å². The van der Waals surface area contributed by atoms with Gasteiger partial charge in [0.2, 0.25) is 0 Å².